The van der Waals surface area contributed by atoms with Crippen LogP contribution < -0.4 is 0 Å². The molecule has 0 radical (unpaired) electrons. The number of aliphatic hydroxyl groups excluding tert-OH is 1. The highest BCUT2D eigenvalue weighted by molar-refractivity contribution is 5.70. The topological polar surface area (TPSA) is 72.8 Å². The number of hydrogen-bond donors (Lipinski definition) is 1. The number of allylic oxidation sites excluding steroid dienone is 2. The number of aliphatic hydroxyl groups is 1. The monoisotopic (exact) mass is 426 g/mol. The quantitative estimate of drug-likeness (QED) is 0.133. The van der Waals surface area contributed by atoms with Crippen molar-refractivity contribution in [3.8, 4) is 0 Å². The molecule has 0 aliphatic carbocycles. The SMILES string of the molecule is CCCC/C=C\CCCCCCCC(=O)OC(CO)COC(=O)CCCCCCC. The molecule has 0 rings (SSSR count). The summed E-state index contributed by atoms with van der Waals surface area (Å²) >= 11 is 0. The maximum absolute atomic E-state index is 11.9. The van der Waals surface area contributed by atoms with Gasteiger partial charge in [0.25, 0.3) is 0 Å². The fourth-order valence-electron chi connectivity index (χ4n) is 3.12. The summed E-state index contributed by atoms with van der Waals surface area (Å²) in [6, 6.07) is 0. The van der Waals surface area contributed by atoms with Crippen molar-refractivity contribution in [3.05, 3.63) is 12.2 Å². The molecule has 0 amide bonds. The van der Waals surface area contributed by atoms with Gasteiger partial charge in [-0.3, -0.25) is 9.59 Å². The Morgan fingerprint density at radius 1 is 0.733 bits per heavy atom. The van der Waals surface area contributed by atoms with Crippen molar-refractivity contribution < 1.29 is 24.2 Å². The lowest BCUT2D eigenvalue weighted by molar-refractivity contribution is -0.161. The molecule has 5 nitrogen and oxygen atoms in total. The average molecular weight is 427 g/mol. The van der Waals surface area contributed by atoms with E-state index in [1.165, 1.54) is 44.9 Å². The van der Waals surface area contributed by atoms with E-state index in [1.54, 1.807) is 0 Å². The van der Waals surface area contributed by atoms with Crippen molar-refractivity contribution in [1.29, 1.82) is 0 Å². The Balaban J connectivity index is 3.65. The smallest absolute Gasteiger partial charge is 0.306 e. The van der Waals surface area contributed by atoms with Gasteiger partial charge in [-0.25, -0.2) is 0 Å². The van der Waals surface area contributed by atoms with E-state index >= 15 is 0 Å². The fourth-order valence-corrected chi connectivity index (χ4v) is 3.12. The summed E-state index contributed by atoms with van der Waals surface area (Å²) < 4.78 is 10.4. The number of carbonyl (C=O) groups is 2. The Bertz CT molecular complexity index is 433. The zero-order chi connectivity index (χ0) is 22.3. The van der Waals surface area contributed by atoms with E-state index in [1.807, 2.05) is 0 Å². The lowest BCUT2D eigenvalue weighted by Gasteiger charge is -2.15. The van der Waals surface area contributed by atoms with Gasteiger partial charge in [0.1, 0.15) is 6.61 Å². The van der Waals surface area contributed by atoms with Crippen LogP contribution in [0.3, 0.4) is 0 Å². The summed E-state index contributed by atoms with van der Waals surface area (Å²) in [5.41, 5.74) is 0. The first-order valence-electron chi connectivity index (χ1n) is 12.2. The van der Waals surface area contributed by atoms with Crippen LogP contribution in [0.25, 0.3) is 0 Å². The lowest BCUT2D eigenvalue weighted by Crippen LogP contribution is -2.28. The predicted octanol–water partition coefficient (Wildman–Crippen LogP) is 6.27. The molecule has 0 aromatic heterocycles. The number of carbonyl (C=O) groups excluding carboxylic acids is 2. The molecule has 0 heterocycles. The zero-order valence-corrected chi connectivity index (χ0v) is 19.5. The van der Waals surface area contributed by atoms with Gasteiger partial charge in [-0.05, 0) is 32.1 Å². The van der Waals surface area contributed by atoms with Crippen molar-refractivity contribution in [3.63, 3.8) is 0 Å². The van der Waals surface area contributed by atoms with E-state index in [0.717, 1.165) is 44.9 Å². The molecule has 0 spiro atoms. The number of ether oxygens (including phenoxy) is 2. The van der Waals surface area contributed by atoms with Crippen LogP contribution in [0, 0.1) is 0 Å². The second kappa shape index (κ2) is 22.3. The Labute approximate surface area is 184 Å². The van der Waals surface area contributed by atoms with Crippen molar-refractivity contribution in [2.45, 2.75) is 123 Å². The normalized spacial score (nSPS) is 12.2. The number of esters is 2. The van der Waals surface area contributed by atoms with Crippen LogP contribution in [-0.4, -0.2) is 36.4 Å². The third-order valence-electron chi connectivity index (χ3n) is 5.06. The van der Waals surface area contributed by atoms with E-state index in [0.29, 0.717) is 12.8 Å². The minimum atomic E-state index is -0.763. The Hall–Kier alpha value is -1.36. The third-order valence-corrected chi connectivity index (χ3v) is 5.06. The minimum absolute atomic E-state index is 0.0677. The van der Waals surface area contributed by atoms with Crippen LogP contribution in [0.5, 0.6) is 0 Å². The highest BCUT2D eigenvalue weighted by Gasteiger charge is 2.15. The molecule has 0 bridgehead atoms. The molecule has 1 unspecified atom stereocenters. The second-order valence-electron chi connectivity index (χ2n) is 8.06. The van der Waals surface area contributed by atoms with Gasteiger partial charge in [-0.2, -0.15) is 0 Å². The molecular weight excluding hydrogens is 380 g/mol. The van der Waals surface area contributed by atoms with Gasteiger partial charge in [0.2, 0.25) is 0 Å². The molecule has 0 fully saturated rings. The van der Waals surface area contributed by atoms with Crippen molar-refractivity contribution in [1.82, 2.24) is 0 Å². The molecule has 0 aliphatic rings. The second-order valence-corrected chi connectivity index (χ2v) is 8.06. The van der Waals surface area contributed by atoms with E-state index in [9.17, 15) is 14.7 Å². The Morgan fingerprint density at radius 3 is 1.90 bits per heavy atom. The van der Waals surface area contributed by atoms with Crippen LogP contribution in [-0.2, 0) is 19.1 Å². The minimum Gasteiger partial charge on any atom is -0.462 e. The number of unbranched alkanes of at least 4 members (excludes halogenated alkanes) is 11. The van der Waals surface area contributed by atoms with E-state index < -0.39 is 6.10 Å². The van der Waals surface area contributed by atoms with Crippen LogP contribution in [0.1, 0.15) is 117 Å². The lowest BCUT2D eigenvalue weighted by atomic mass is 10.1. The summed E-state index contributed by atoms with van der Waals surface area (Å²) in [6.45, 7) is 3.96. The molecular formula is C25H46O5. The fraction of sp³-hybridized carbons (Fsp3) is 0.840. The molecule has 0 saturated carbocycles. The maximum Gasteiger partial charge on any atom is 0.306 e. The van der Waals surface area contributed by atoms with Crippen LogP contribution >= 0.6 is 0 Å². The highest BCUT2D eigenvalue weighted by atomic mass is 16.6. The molecule has 0 aromatic carbocycles. The highest BCUT2D eigenvalue weighted by Crippen LogP contribution is 2.10. The van der Waals surface area contributed by atoms with Crippen molar-refractivity contribution in [2.24, 2.45) is 0 Å². The van der Waals surface area contributed by atoms with Crippen LogP contribution in [0.4, 0.5) is 0 Å². The van der Waals surface area contributed by atoms with Gasteiger partial charge < -0.3 is 14.6 Å². The Kier molecular flexibility index (Phi) is 21.3. The van der Waals surface area contributed by atoms with E-state index in [2.05, 4.69) is 26.0 Å². The molecule has 0 aromatic rings. The van der Waals surface area contributed by atoms with E-state index in [4.69, 9.17) is 9.47 Å². The first-order chi connectivity index (χ1) is 14.6. The largest absolute Gasteiger partial charge is 0.462 e. The van der Waals surface area contributed by atoms with Gasteiger partial charge in [0.05, 0.1) is 6.61 Å². The standard InChI is InChI=1S/C25H46O5/c1-3-5-7-9-10-11-12-13-14-16-18-20-25(28)30-23(21-26)22-29-24(27)19-17-15-8-6-4-2/h9-10,23,26H,3-8,11-22H2,1-2H3/b10-9-. The van der Waals surface area contributed by atoms with Gasteiger partial charge in [-0.1, -0.05) is 83.8 Å². The number of rotatable bonds is 21. The van der Waals surface area contributed by atoms with Crippen LogP contribution in [0.2, 0.25) is 0 Å². The summed E-state index contributed by atoms with van der Waals surface area (Å²) in [5.74, 6) is -0.621. The van der Waals surface area contributed by atoms with Crippen molar-refractivity contribution >= 4 is 11.9 Å². The van der Waals surface area contributed by atoms with Gasteiger partial charge in [0, 0.05) is 12.8 Å². The first kappa shape index (κ1) is 28.6. The van der Waals surface area contributed by atoms with Gasteiger partial charge >= 0.3 is 11.9 Å². The molecule has 1 N–H and O–H groups in total. The van der Waals surface area contributed by atoms with Gasteiger partial charge in [0.15, 0.2) is 6.10 Å². The molecule has 0 aliphatic heterocycles. The molecule has 176 valence electrons. The summed E-state index contributed by atoms with van der Waals surface area (Å²) in [7, 11) is 0. The average Bonchev–Trinajstić information content (AvgIpc) is 2.74. The summed E-state index contributed by atoms with van der Waals surface area (Å²) in [6.07, 6.45) is 20.0. The van der Waals surface area contributed by atoms with Crippen molar-refractivity contribution in [2.75, 3.05) is 13.2 Å². The number of hydrogen-bond acceptors (Lipinski definition) is 5. The van der Waals surface area contributed by atoms with Crippen LogP contribution in [0.15, 0.2) is 12.2 Å². The maximum atomic E-state index is 11.9. The molecule has 1 atom stereocenters. The zero-order valence-electron chi connectivity index (χ0n) is 19.5. The summed E-state index contributed by atoms with van der Waals surface area (Å²) in [4.78, 5) is 23.6. The van der Waals surface area contributed by atoms with Gasteiger partial charge in [-0.15, -0.1) is 0 Å². The predicted molar refractivity (Wildman–Crippen MR) is 122 cm³/mol. The first-order valence-corrected chi connectivity index (χ1v) is 12.2. The molecule has 5 heteroatoms. The Morgan fingerprint density at radius 2 is 1.27 bits per heavy atom. The molecule has 30 heavy (non-hydrogen) atoms. The van der Waals surface area contributed by atoms with E-state index in [-0.39, 0.29) is 25.2 Å². The summed E-state index contributed by atoms with van der Waals surface area (Å²) in [5, 5.41) is 9.35. The molecule has 0 saturated heterocycles. The third kappa shape index (κ3) is 19.9.